The number of furan rings is 1. The highest BCUT2D eigenvalue weighted by Crippen LogP contribution is 2.17. The van der Waals surface area contributed by atoms with Crippen molar-refractivity contribution in [3.8, 4) is 6.07 Å². The minimum absolute atomic E-state index is 0.0370. The zero-order valence-corrected chi connectivity index (χ0v) is 19.1. The molecule has 0 aliphatic heterocycles. The number of anilines is 2. The lowest BCUT2D eigenvalue weighted by atomic mass is 10.1. The molecular formula is C26H24N4O4. The average molecular weight is 457 g/mol. The monoisotopic (exact) mass is 456 g/mol. The van der Waals surface area contributed by atoms with Crippen molar-refractivity contribution in [2.75, 3.05) is 10.6 Å². The van der Waals surface area contributed by atoms with Crippen LogP contribution in [0.3, 0.4) is 0 Å². The zero-order valence-electron chi connectivity index (χ0n) is 19.1. The van der Waals surface area contributed by atoms with E-state index >= 15 is 0 Å². The Balaban J connectivity index is 1.57. The number of rotatable bonds is 6. The summed E-state index contributed by atoms with van der Waals surface area (Å²) in [5.74, 6) is -1.57. The fraction of sp³-hybridized carbons (Fsp3) is 0.154. The van der Waals surface area contributed by atoms with E-state index in [4.69, 9.17) is 4.42 Å². The van der Waals surface area contributed by atoms with E-state index in [0.717, 1.165) is 16.7 Å². The Labute approximate surface area is 197 Å². The normalized spacial score (nSPS) is 10.8. The van der Waals surface area contributed by atoms with E-state index in [1.165, 1.54) is 6.08 Å². The van der Waals surface area contributed by atoms with E-state index in [1.807, 2.05) is 51.1 Å². The van der Waals surface area contributed by atoms with Crippen LogP contribution >= 0.6 is 0 Å². The Morgan fingerprint density at radius 2 is 1.53 bits per heavy atom. The minimum atomic E-state index is -0.820. The third-order valence-corrected chi connectivity index (χ3v) is 5.04. The molecule has 1 aromatic heterocycles. The molecule has 0 saturated heterocycles. The van der Waals surface area contributed by atoms with Gasteiger partial charge in [0.1, 0.15) is 23.2 Å². The molecule has 0 bridgehead atoms. The van der Waals surface area contributed by atoms with Crippen molar-refractivity contribution >= 4 is 35.2 Å². The van der Waals surface area contributed by atoms with Gasteiger partial charge in [0.25, 0.3) is 5.91 Å². The maximum Gasteiger partial charge on any atom is 0.313 e. The summed E-state index contributed by atoms with van der Waals surface area (Å²) in [6.07, 6.45) is 1.31. The van der Waals surface area contributed by atoms with Gasteiger partial charge in [0.2, 0.25) is 0 Å². The first-order valence-electron chi connectivity index (χ1n) is 10.5. The second kappa shape index (κ2) is 10.8. The van der Waals surface area contributed by atoms with Gasteiger partial charge in [0.05, 0.1) is 6.54 Å². The summed E-state index contributed by atoms with van der Waals surface area (Å²) >= 11 is 0. The van der Waals surface area contributed by atoms with Crippen LogP contribution in [0.1, 0.15) is 28.2 Å². The van der Waals surface area contributed by atoms with Crippen LogP contribution in [0.4, 0.5) is 11.4 Å². The van der Waals surface area contributed by atoms with Gasteiger partial charge < -0.3 is 20.4 Å². The van der Waals surface area contributed by atoms with Gasteiger partial charge in [-0.3, -0.25) is 14.4 Å². The van der Waals surface area contributed by atoms with Crippen LogP contribution in [-0.2, 0) is 20.9 Å². The maximum atomic E-state index is 12.5. The Kier molecular flexibility index (Phi) is 7.62. The molecule has 0 radical (unpaired) electrons. The summed E-state index contributed by atoms with van der Waals surface area (Å²) < 4.78 is 5.56. The molecule has 2 aromatic carbocycles. The van der Waals surface area contributed by atoms with E-state index in [2.05, 4.69) is 16.0 Å². The maximum absolute atomic E-state index is 12.5. The van der Waals surface area contributed by atoms with Crippen molar-refractivity contribution in [2.24, 2.45) is 0 Å². The summed E-state index contributed by atoms with van der Waals surface area (Å²) in [6, 6.07) is 17.5. The third-order valence-electron chi connectivity index (χ3n) is 5.04. The predicted octanol–water partition coefficient (Wildman–Crippen LogP) is 4.01. The topological polar surface area (TPSA) is 124 Å². The SMILES string of the molecule is Cc1ccc(NC(=O)C(=O)NCc2ccc(/C=C(/C#N)C(=O)Nc3ccc(C)c(C)c3)o2)cc1. The molecule has 8 nitrogen and oxygen atoms in total. The number of carbonyl (C=O) groups excluding carboxylic acids is 3. The number of hydrogen-bond donors (Lipinski definition) is 3. The van der Waals surface area contributed by atoms with Crippen molar-refractivity contribution in [3.05, 3.63) is 88.4 Å². The second-order valence-corrected chi connectivity index (χ2v) is 7.73. The molecule has 0 spiro atoms. The Bertz CT molecular complexity index is 1300. The van der Waals surface area contributed by atoms with Gasteiger partial charge in [0.15, 0.2) is 0 Å². The van der Waals surface area contributed by atoms with Crippen molar-refractivity contribution in [3.63, 3.8) is 0 Å². The Morgan fingerprint density at radius 1 is 0.853 bits per heavy atom. The van der Waals surface area contributed by atoms with Gasteiger partial charge in [-0.25, -0.2) is 0 Å². The smallest absolute Gasteiger partial charge is 0.313 e. The molecule has 3 rings (SSSR count). The van der Waals surface area contributed by atoms with Crippen LogP contribution in [0, 0.1) is 32.1 Å². The van der Waals surface area contributed by atoms with Crippen LogP contribution < -0.4 is 16.0 Å². The highest BCUT2D eigenvalue weighted by Gasteiger charge is 2.15. The number of nitrogens with one attached hydrogen (secondary N) is 3. The molecule has 0 saturated carbocycles. The highest BCUT2D eigenvalue weighted by molar-refractivity contribution is 6.39. The Hall–Kier alpha value is -4.64. The molecule has 3 N–H and O–H groups in total. The van der Waals surface area contributed by atoms with Crippen LogP contribution in [0.15, 0.2) is 64.6 Å². The summed E-state index contributed by atoms with van der Waals surface area (Å²) in [5.41, 5.74) is 4.11. The van der Waals surface area contributed by atoms with E-state index < -0.39 is 17.7 Å². The first-order chi connectivity index (χ1) is 16.2. The molecule has 34 heavy (non-hydrogen) atoms. The van der Waals surface area contributed by atoms with Crippen LogP contribution in [0.25, 0.3) is 6.08 Å². The predicted molar refractivity (Wildman–Crippen MR) is 128 cm³/mol. The lowest BCUT2D eigenvalue weighted by Gasteiger charge is -2.07. The van der Waals surface area contributed by atoms with E-state index in [0.29, 0.717) is 17.1 Å². The number of nitriles is 1. The summed E-state index contributed by atoms with van der Waals surface area (Å²) in [5, 5.41) is 17.1. The van der Waals surface area contributed by atoms with Gasteiger partial charge in [-0.2, -0.15) is 5.26 Å². The van der Waals surface area contributed by atoms with E-state index in [1.54, 1.807) is 30.3 Å². The van der Waals surface area contributed by atoms with Crippen LogP contribution in [0.5, 0.6) is 0 Å². The minimum Gasteiger partial charge on any atom is -0.460 e. The number of aryl methyl sites for hydroxylation is 3. The highest BCUT2D eigenvalue weighted by atomic mass is 16.3. The fourth-order valence-corrected chi connectivity index (χ4v) is 2.95. The van der Waals surface area contributed by atoms with E-state index in [-0.39, 0.29) is 17.9 Å². The number of nitrogens with zero attached hydrogens (tertiary/aromatic N) is 1. The quantitative estimate of drug-likeness (QED) is 0.294. The first kappa shape index (κ1) is 24.0. The second-order valence-electron chi connectivity index (χ2n) is 7.73. The molecule has 0 unspecified atom stereocenters. The molecular weight excluding hydrogens is 432 g/mol. The summed E-state index contributed by atoms with van der Waals surface area (Å²) in [7, 11) is 0. The van der Waals surface area contributed by atoms with Gasteiger partial charge in [-0.1, -0.05) is 23.8 Å². The van der Waals surface area contributed by atoms with Crippen molar-refractivity contribution < 1.29 is 18.8 Å². The summed E-state index contributed by atoms with van der Waals surface area (Å²) in [6.45, 7) is 5.78. The largest absolute Gasteiger partial charge is 0.460 e. The summed E-state index contributed by atoms with van der Waals surface area (Å²) in [4.78, 5) is 36.5. The number of amides is 3. The third kappa shape index (κ3) is 6.43. The van der Waals surface area contributed by atoms with Gasteiger partial charge in [-0.15, -0.1) is 0 Å². The molecule has 0 aliphatic rings. The molecule has 172 valence electrons. The standard InChI is InChI=1S/C26H24N4O4/c1-16-4-7-20(8-5-16)29-26(33)25(32)28-15-23-11-10-22(34-23)13-19(14-27)24(31)30-21-9-6-17(2)18(3)12-21/h4-13H,15H2,1-3H3,(H,28,32)(H,29,33)(H,30,31)/b19-13-. The average Bonchev–Trinajstić information content (AvgIpc) is 3.27. The van der Waals surface area contributed by atoms with Gasteiger partial charge in [0, 0.05) is 17.5 Å². The lowest BCUT2D eigenvalue weighted by molar-refractivity contribution is -0.136. The number of carbonyl (C=O) groups is 3. The van der Waals surface area contributed by atoms with E-state index in [9.17, 15) is 19.6 Å². The van der Waals surface area contributed by atoms with Gasteiger partial charge >= 0.3 is 11.8 Å². The lowest BCUT2D eigenvalue weighted by Crippen LogP contribution is -2.34. The number of benzene rings is 2. The molecule has 0 atom stereocenters. The van der Waals surface area contributed by atoms with Crippen molar-refractivity contribution in [1.29, 1.82) is 5.26 Å². The fourth-order valence-electron chi connectivity index (χ4n) is 2.95. The van der Waals surface area contributed by atoms with Crippen molar-refractivity contribution in [2.45, 2.75) is 27.3 Å². The number of hydrogen-bond acceptors (Lipinski definition) is 5. The zero-order chi connectivity index (χ0) is 24.7. The molecule has 3 aromatic rings. The first-order valence-corrected chi connectivity index (χ1v) is 10.5. The van der Waals surface area contributed by atoms with Gasteiger partial charge in [-0.05, 0) is 68.3 Å². The molecule has 3 amide bonds. The molecule has 0 fully saturated rings. The molecule has 8 heteroatoms. The molecule has 1 heterocycles. The molecule has 0 aliphatic carbocycles. The van der Waals surface area contributed by atoms with Crippen molar-refractivity contribution in [1.82, 2.24) is 5.32 Å². The van der Waals surface area contributed by atoms with Crippen LogP contribution in [-0.4, -0.2) is 17.7 Å². The Morgan fingerprint density at radius 3 is 2.21 bits per heavy atom. The van der Waals surface area contributed by atoms with Crippen LogP contribution in [0.2, 0.25) is 0 Å².